The zero-order chi connectivity index (χ0) is 16.4. The van der Waals surface area contributed by atoms with Crippen molar-refractivity contribution in [3.8, 4) is 0 Å². The van der Waals surface area contributed by atoms with Crippen molar-refractivity contribution in [1.29, 1.82) is 0 Å². The van der Waals surface area contributed by atoms with E-state index in [0.29, 0.717) is 32.0 Å². The van der Waals surface area contributed by atoms with Gasteiger partial charge in [-0.15, -0.1) is 0 Å². The average Bonchev–Trinajstić information content (AvgIpc) is 3.13. The molecule has 1 atom stereocenters. The molecule has 2 saturated heterocycles. The van der Waals surface area contributed by atoms with Gasteiger partial charge in [-0.2, -0.15) is 5.10 Å². The third-order valence-corrected chi connectivity index (χ3v) is 4.66. The summed E-state index contributed by atoms with van der Waals surface area (Å²) in [4.78, 5) is 18.1. The predicted molar refractivity (Wildman–Crippen MR) is 85.2 cm³/mol. The Kier molecular flexibility index (Phi) is 4.03. The molecule has 0 aromatic carbocycles. The van der Waals surface area contributed by atoms with Gasteiger partial charge in [-0.1, -0.05) is 0 Å². The molecule has 2 aliphatic rings. The van der Waals surface area contributed by atoms with E-state index in [9.17, 15) is 4.79 Å². The first-order chi connectivity index (χ1) is 11.7. The Morgan fingerprint density at radius 2 is 2.17 bits per heavy atom. The van der Waals surface area contributed by atoms with Gasteiger partial charge < -0.3 is 14.4 Å². The maximum atomic E-state index is 12.3. The number of hydrogen-bond acceptors (Lipinski definition) is 5. The Labute approximate surface area is 140 Å². The maximum absolute atomic E-state index is 12.3. The first-order valence-electron chi connectivity index (χ1n) is 8.17. The molecule has 126 valence electrons. The summed E-state index contributed by atoms with van der Waals surface area (Å²) in [7, 11) is 0. The Morgan fingerprint density at radius 1 is 1.33 bits per heavy atom. The van der Waals surface area contributed by atoms with E-state index in [-0.39, 0.29) is 17.6 Å². The van der Waals surface area contributed by atoms with Crippen LogP contribution in [-0.2, 0) is 16.1 Å². The second kappa shape index (κ2) is 6.33. The second-order valence-electron chi connectivity index (χ2n) is 6.44. The molecule has 1 amide bonds. The van der Waals surface area contributed by atoms with Crippen LogP contribution in [0.15, 0.2) is 36.8 Å². The number of nitrogens with one attached hydrogen (secondary N) is 1. The first kappa shape index (κ1) is 15.3. The molecule has 2 aliphatic heterocycles. The van der Waals surface area contributed by atoms with Crippen LogP contribution >= 0.6 is 0 Å². The number of nitrogens with zero attached hydrogens (tertiary/aromatic N) is 3. The highest BCUT2D eigenvalue weighted by atomic mass is 16.5. The summed E-state index contributed by atoms with van der Waals surface area (Å²) in [6.45, 7) is 2.48. The van der Waals surface area contributed by atoms with E-state index in [2.05, 4.69) is 15.2 Å². The van der Waals surface area contributed by atoms with Crippen LogP contribution in [-0.4, -0.2) is 57.4 Å². The number of aromatic amines is 1. The fourth-order valence-electron chi connectivity index (χ4n) is 3.38. The van der Waals surface area contributed by atoms with Gasteiger partial charge >= 0.3 is 0 Å². The molecule has 0 aliphatic carbocycles. The molecule has 4 heterocycles. The predicted octanol–water partition coefficient (Wildman–Crippen LogP) is 1.40. The summed E-state index contributed by atoms with van der Waals surface area (Å²) in [5, 5.41) is 6.54. The van der Waals surface area contributed by atoms with Crippen molar-refractivity contribution in [3.05, 3.63) is 48.0 Å². The highest BCUT2D eigenvalue weighted by Gasteiger charge is 2.49. The van der Waals surface area contributed by atoms with Crippen LogP contribution in [0.1, 0.15) is 28.9 Å². The number of amides is 1. The van der Waals surface area contributed by atoms with Crippen molar-refractivity contribution >= 4 is 5.91 Å². The van der Waals surface area contributed by atoms with Gasteiger partial charge in [0.15, 0.2) is 0 Å². The number of ether oxygens (including phenoxy) is 2. The van der Waals surface area contributed by atoms with Crippen LogP contribution in [0.25, 0.3) is 0 Å². The number of H-pyrrole nitrogens is 1. The van der Waals surface area contributed by atoms with E-state index in [1.54, 1.807) is 29.6 Å². The van der Waals surface area contributed by atoms with Gasteiger partial charge in [0.25, 0.3) is 5.91 Å². The molecule has 2 aromatic heterocycles. The van der Waals surface area contributed by atoms with Gasteiger partial charge in [-0.25, -0.2) is 0 Å². The summed E-state index contributed by atoms with van der Waals surface area (Å²) in [6.07, 6.45) is 7.01. The molecular formula is C17H20N4O3. The quantitative estimate of drug-likeness (QED) is 0.917. The zero-order valence-electron chi connectivity index (χ0n) is 13.4. The number of carbonyl (C=O) groups excluding carboxylic acids is 1. The molecule has 1 N–H and O–H groups in total. The lowest BCUT2D eigenvalue weighted by Crippen LogP contribution is -2.67. The molecule has 7 nitrogen and oxygen atoms in total. The Hall–Kier alpha value is -2.25. The number of likely N-dealkylation sites (tertiary alicyclic amines) is 1. The van der Waals surface area contributed by atoms with Gasteiger partial charge in [-0.3, -0.25) is 14.9 Å². The fraction of sp³-hybridized carbons (Fsp3) is 0.471. The smallest absolute Gasteiger partial charge is 0.272 e. The molecule has 24 heavy (non-hydrogen) atoms. The normalized spacial score (nSPS) is 22.3. The minimum atomic E-state index is -0.253. The van der Waals surface area contributed by atoms with Crippen molar-refractivity contribution in [2.75, 3.05) is 19.7 Å². The van der Waals surface area contributed by atoms with Crippen LogP contribution in [0.2, 0.25) is 0 Å². The van der Waals surface area contributed by atoms with E-state index in [1.165, 1.54) is 0 Å². The highest BCUT2D eigenvalue weighted by molar-refractivity contribution is 5.92. The van der Waals surface area contributed by atoms with Crippen LogP contribution in [0.4, 0.5) is 0 Å². The summed E-state index contributed by atoms with van der Waals surface area (Å²) in [5.41, 5.74) is 1.39. The summed E-state index contributed by atoms with van der Waals surface area (Å²) < 4.78 is 12.0. The molecule has 2 aromatic rings. The standard InChI is InChI=1S/C17H20N4O3/c22-16(15-3-7-19-20-15)21-11-17(12-21)9-14(4-8-24-17)23-10-13-1-5-18-6-2-13/h1-3,5-7,14H,4,8-12H2,(H,19,20). The zero-order valence-corrected chi connectivity index (χ0v) is 13.4. The lowest BCUT2D eigenvalue weighted by atomic mass is 9.84. The molecule has 0 radical (unpaired) electrons. The van der Waals surface area contributed by atoms with Crippen molar-refractivity contribution in [2.45, 2.75) is 31.2 Å². The van der Waals surface area contributed by atoms with Crippen LogP contribution in [0, 0.1) is 0 Å². The summed E-state index contributed by atoms with van der Waals surface area (Å²) in [6, 6.07) is 5.61. The fourth-order valence-corrected chi connectivity index (χ4v) is 3.38. The minimum Gasteiger partial charge on any atom is -0.373 e. The molecular weight excluding hydrogens is 308 g/mol. The van der Waals surface area contributed by atoms with E-state index < -0.39 is 0 Å². The van der Waals surface area contributed by atoms with Gasteiger partial charge in [0, 0.05) is 31.6 Å². The van der Waals surface area contributed by atoms with Crippen molar-refractivity contribution in [2.24, 2.45) is 0 Å². The maximum Gasteiger partial charge on any atom is 0.272 e. The first-order valence-corrected chi connectivity index (χ1v) is 8.17. The van der Waals surface area contributed by atoms with Crippen LogP contribution < -0.4 is 0 Å². The molecule has 0 saturated carbocycles. The average molecular weight is 328 g/mol. The van der Waals surface area contributed by atoms with Crippen molar-refractivity contribution in [1.82, 2.24) is 20.1 Å². The molecule has 1 unspecified atom stereocenters. The monoisotopic (exact) mass is 328 g/mol. The van der Waals surface area contributed by atoms with E-state index in [0.717, 1.165) is 18.4 Å². The van der Waals surface area contributed by atoms with E-state index in [4.69, 9.17) is 9.47 Å². The Morgan fingerprint density at radius 3 is 2.92 bits per heavy atom. The third kappa shape index (κ3) is 3.05. The topological polar surface area (TPSA) is 80.3 Å². The molecule has 1 spiro atoms. The van der Waals surface area contributed by atoms with Gasteiger partial charge in [-0.05, 0) is 30.2 Å². The Balaban J connectivity index is 1.30. The third-order valence-electron chi connectivity index (χ3n) is 4.66. The summed E-state index contributed by atoms with van der Waals surface area (Å²) >= 11 is 0. The van der Waals surface area contributed by atoms with Crippen LogP contribution in [0.3, 0.4) is 0 Å². The number of carbonyl (C=O) groups is 1. The number of hydrogen-bond donors (Lipinski definition) is 1. The molecule has 4 rings (SSSR count). The van der Waals surface area contributed by atoms with Gasteiger partial charge in [0.1, 0.15) is 11.3 Å². The van der Waals surface area contributed by atoms with Gasteiger partial charge in [0.2, 0.25) is 0 Å². The van der Waals surface area contributed by atoms with Crippen molar-refractivity contribution < 1.29 is 14.3 Å². The van der Waals surface area contributed by atoms with Crippen LogP contribution in [0.5, 0.6) is 0 Å². The second-order valence-corrected chi connectivity index (χ2v) is 6.44. The molecule has 2 fully saturated rings. The SMILES string of the molecule is O=C(c1ccn[nH]1)N1CC2(CC(OCc3ccncc3)CCO2)C1. The summed E-state index contributed by atoms with van der Waals surface area (Å²) in [5.74, 6) is -0.0263. The van der Waals surface area contributed by atoms with Gasteiger partial charge in [0.05, 0.1) is 25.8 Å². The number of rotatable bonds is 4. The lowest BCUT2D eigenvalue weighted by Gasteiger charge is -2.52. The molecule has 7 heteroatoms. The number of aromatic nitrogens is 3. The molecule has 0 bridgehead atoms. The Bertz CT molecular complexity index is 683. The minimum absolute atomic E-state index is 0.0263. The van der Waals surface area contributed by atoms with E-state index >= 15 is 0 Å². The lowest BCUT2D eigenvalue weighted by molar-refractivity contribution is -0.188. The largest absolute Gasteiger partial charge is 0.373 e. The van der Waals surface area contributed by atoms with Crippen molar-refractivity contribution in [3.63, 3.8) is 0 Å². The number of pyridine rings is 1. The highest BCUT2D eigenvalue weighted by Crippen LogP contribution is 2.36. The van der Waals surface area contributed by atoms with E-state index in [1.807, 2.05) is 12.1 Å².